The van der Waals surface area contributed by atoms with Crippen molar-refractivity contribution < 1.29 is 23.8 Å². The molecule has 3 aromatic rings. The summed E-state index contributed by atoms with van der Waals surface area (Å²) in [4.78, 5) is 23.7. The molecular formula is C20H20FN3O4. The van der Waals surface area contributed by atoms with Gasteiger partial charge in [0.05, 0.1) is 18.4 Å². The first kappa shape index (κ1) is 19.4. The van der Waals surface area contributed by atoms with Gasteiger partial charge in [-0.25, -0.2) is 4.39 Å². The first-order chi connectivity index (χ1) is 13.3. The average molecular weight is 385 g/mol. The van der Waals surface area contributed by atoms with Gasteiger partial charge in [0.25, 0.3) is 5.91 Å². The highest BCUT2D eigenvalue weighted by molar-refractivity contribution is 6.13. The van der Waals surface area contributed by atoms with Crippen molar-refractivity contribution in [3.63, 3.8) is 0 Å². The average Bonchev–Trinajstić information content (AvgIpc) is 3.01. The van der Waals surface area contributed by atoms with Crippen LogP contribution in [-0.2, 0) is 18.3 Å². The zero-order valence-electron chi connectivity index (χ0n) is 15.4. The summed E-state index contributed by atoms with van der Waals surface area (Å²) in [5, 5.41) is 12.3. The number of carbonyl (C=O) groups is 2. The Morgan fingerprint density at radius 2 is 2.04 bits per heavy atom. The van der Waals surface area contributed by atoms with Gasteiger partial charge in [-0.15, -0.1) is 0 Å². The Balaban J connectivity index is 1.92. The number of nitrogens with zero attached hydrogens (tertiary/aromatic N) is 1. The number of benzene rings is 2. The number of para-hydroxylation sites is 1. The zero-order valence-corrected chi connectivity index (χ0v) is 15.4. The Morgan fingerprint density at radius 3 is 2.71 bits per heavy atom. The number of anilines is 1. The monoisotopic (exact) mass is 385 g/mol. The van der Waals surface area contributed by atoms with Crippen molar-refractivity contribution >= 4 is 28.5 Å². The van der Waals surface area contributed by atoms with Gasteiger partial charge in [-0.2, -0.15) is 0 Å². The molecule has 0 spiro atoms. The quantitative estimate of drug-likeness (QED) is 0.605. The second kappa shape index (κ2) is 7.69. The second-order valence-electron chi connectivity index (χ2n) is 6.42. The molecule has 0 aliphatic carbocycles. The van der Waals surface area contributed by atoms with Gasteiger partial charge in [0, 0.05) is 36.6 Å². The maximum absolute atomic E-state index is 14.4. The van der Waals surface area contributed by atoms with Crippen LogP contribution in [0.4, 0.5) is 10.1 Å². The van der Waals surface area contributed by atoms with Gasteiger partial charge in [-0.3, -0.25) is 9.59 Å². The molecular weight excluding hydrogens is 365 g/mol. The molecule has 1 amide bonds. The predicted molar refractivity (Wildman–Crippen MR) is 103 cm³/mol. The van der Waals surface area contributed by atoms with Crippen LogP contribution in [0.25, 0.3) is 10.9 Å². The van der Waals surface area contributed by atoms with Gasteiger partial charge in [0.15, 0.2) is 0 Å². The van der Waals surface area contributed by atoms with E-state index in [0.717, 1.165) is 17.0 Å². The summed E-state index contributed by atoms with van der Waals surface area (Å²) in [5.41, 5.74) is 7.05. The third-order valence-corrected chi connectivity index (χ3v) is 4.52. The summed E-state index contributed by atoms with van der Waals surface area (Å²) in [6.45, 7) is 0. The number of methoxy groups -OCH3 is 1. The summed E-state index contributed by atoms with van der Waals surface area (Å²) in [5.74, 6) is -2.11. The number of aryl methyl sites for hydroxylation is 1. The fraction of sp³-hybridized carbons (Fsp3) is 0.200. The normalized spacial score (nSPS) is 12.0. The van der Waals surface area contributed by atoms with E-state index in [9.17, 15) is 14.0 Å². The Morgan fingerprint density at radius 1 is 1.32 bits per heavy atom. The lowest BCUT2D eigenvalue weighted by molar-refractivity contribution is -0.138. The number of fused-ring (bicyclic) bond motifs is 1. The standard InChI is InChI=1S/C20H20FN3O4/c1-24-10-13(12-5-3-4-6-17(12)24)19(25)23-16-9-14(21)11(8-18(16)28-2)7-15(22)20(26)27/h3-6,8-10,15H,7,22H2,1-2H3,(H,23,25)(H,26,27)/t15-/m0/s1. The topological polar surface area (TPSA) is 107 Å². The molecule has 1 heterocycles. The van der Waals surface area contributed by atoms with E-state index in [0.29, 0.717) is 5.56 Å². The van der Waals surface area contributed by atoms with Gasteiger partial charge >= 0.3 is 5.97 Å². The Bertz CT molecular complexity index is 1060. The molecule has 0 saturated carbocycles. The van der Waals surface area contributed by atoms with Gasteiger partial charge in [0.1, 0.15) is 17.6 Å². The van der Waals surface area contributed by atoms with E-state index in [-0.39, 0.29) is 23.4 Å². The number of carbonyl (C=O) groups excluding carboxylic acids is 1. The molecule has 4 N–H and O–H groups in total. The number of carboxylic acid groups (broad SMARTS) is 1. The van der Waals surface area contributed by atoms with Crippen molar-refractivity contribution in [2.24, 2.45) is 12.8 Å². The molecule has 28 heavy (non-hydrogen) atoms. The summed E-state index contributed by atoms with van der Waals surface area (Å²) >= 11 is 0. The van der Waals surface area contributed by atoms with Crippen LogP contribution in [-0.4, -0.2) is 34.7 Å². The minimum Gasteiger partial charge on any atom is -0.495 e. The van der Waals surface area contributed by atoms with Crippen molar-refractivity contribution in [2.75, 3.05) is 12.4 Å². The molecule has 2 aromatic carbocycles. The number of aliphatic carboxylic acids is 1. The van der Waals surface area contributed by atoms with Gasteiger partial charge in [0.2, 0.25) is 0 Å². The molecule has 1 atom stereocenters. The van der Waals surface area contributed by atoms with E-state index in [1.54, 1.807) is 6.20 Å². The highest BCUT2D eigenvalue weighted by Gasteiger charge is 2.20. The zero-order chi connectivity index (χ0) is 20.4. The molecule has 0 radical (unpaired) electrons. The fourth-order valence-electron chi connectivity index (χ4n) is 3.05. The number of ether oxygens (including phenoxy) is 1. The van der Waals surface area contributed by atoms with Crippen LogP contribution in [0.5, 0.6) is 5.75 Å². The second-order valence-corrected chi connectivity index (χ2v) is 6.42. The Hall–Kier alpha value is -3.39. The molecule has 146 valence electrons. The van der Waals surface area contributed by atoms with Gasteiger partial charge < -0.3 is 25.5 Å². The molecule has 3 rings (SSSR count). The van der Waals surface area contributed by atoms with Crippen molar-refractivity contribution in [1.82, 2.24) is 4.57 Å². The lowest BCUT2D eigenvalue weighted by Crippen LogP contribution is -2.32. The minimum absolute atomic E-state index is 0.0925. The van der Waals surface area contributed by atoms with Crippen LogP contribution in [0.15, 0.2) is 42.6 Å². The van der Waals surface area contributed by atoms with Crippen LogP contribution in [0, 0.1) is 5.82 Å². The van der Waals surface area contributed by atoms with Crippen molar-refractivity contribution in [1.29, 1.82) is 0 Å². The number of hydrogen-bond acceptors (Lipinski definition) is 4. The van der Waals surface area contributed by atoms with E-state index in [1.165, 1.54) is 13.2 Å². The van der Waals surface area contributed by atoms with Crippen LogP contribution < -0.4 is 15.8 Å². The number of amides is 1. The highest BCUT2D eigenvalue weighted by Crippen LogP contribution is 2.30. The number of hydrogen-bond donors (Lipinski definition) is 3. The van der Waals surface area contributed by atoms with E-state index in [1.807, 2.05) is 35.9 Å². The van der Waals surface area contributed by atoms with E-state index >= 15 is 0 Å². The van der Waals surface area contributed by atoms with E-state index < -0.39 is 23.7 Å². The number of rotatable bonds is 6. The molecule has 0 unspecified atom stereocenters. The number of carboxylic acids is 1. The van der Waals surface area contributed by atoms with E-state index in [2.05, 4.69) is 5.32 Å². The van der Waals surface area contributed by atoms with Crippen LogP contribution in [0.3, 0.4) is 0 Å². The summed E-state index contributed by atoms with van der Waals surface area (Å²) in [7, 11) is 3.21. The highest BCUT2D eigenvalue weighted by atomic mass is 19.1. The van der Waals surface area contributed by atoms with Gasteiger partial charge in [-0.05, 0) is 17.7 Å². The first-order valence-corrected chi connectivity index (χ1v) is 8.52. The van der Waals surface area contributed by atoms with Crippen molar-refractivity contribution in [2.45, 2.75) is 12.5 Å². The lowest BCUT2D eigenvalue weighted by Gasteiger charge is -2.14. The maximum atomic E-state index is 14.4. The Kier molecular flexibility index (Phi) is 5.32. The number of nitrogens with one attached hydrogen (secondary N) is 1. The summed E-state index contributed by atoms with van der Waals surface area (Å²) in [6.07, 6.45) is 1.50. The minimum atomic E-state index is -1.24. The Labute approximate surface area is 160 Å². The smallest absolute Gasteiger partial charge is 0.320 e. The van der Waals surface area contributed by atoms with Crippen LogP contribution in [0.2, 0.25) is 0 Å². The number of nitrogens with two attached hydrogens (primary N) is 1. The third-order valence-electron chi connectivity index (χ3n) is 4.52. The van der Waals surface area contributed by atoms with Crippen molar-refractivity contribution in [3.8, 4) is 5.75 Å². The summed E-state index contributed by atoms with van der Waals surface area (Å²) < 4.78 is 21.5. The number of aromatic nitrogens is 1. The maximum Gasteiger partial charge on any atom is 0.320 e. The molecule has 8 heteroatoms. The predicted octanol–water partition coefficient (Wildman–Crippen LogP) is 2.53. The van der Waals surface area contributed by atoms with Gasteiger partial charge in [-0.1, -0.05) is 18.2 Å². The largest absolute Gasteiger partial charge is 0.495 e. The third kappa shape index (κ3) is 3.67. The van der Waals surface area contributed by atoms with Crippen molar-refractivity contribution in [3.05, 3.63) is 59.5 Å². The molecule has 0 aliphatic rings. The van der Waals surface area contributed by atoms with E-state index in [4.69, 9.17) is 15.6 Å². The molecule has 0 fully saturated rings. The van der Waals surface area contributed by atoms with Crippen LogP contribution >= 0.6 is 0 Å². The lowest BCUT2D eigenvalue weighted by atomic mass is 10.0. The van der Waals surface area contributed by atoms with Crippen LogP contribution in [0.1, 0.15) is 15.9 Å². The fourth-order valence-corrected chi connectivity index (χ4v) is 3.05. The number of halogens is 1. The molecule has 0 bridgehead atoms. The molecule has 0 saturated heterocycles. The molecule has 1 aromatic heterocycles. The molecule has 7 nitrogen and oxygen atoms in total. The first-order valence-electron chi connectivity index (χ1n) is 8.52. The summed E-state index contributed by atoms with van der Waals surface area (Å²) in [6, 6.07) is 8.65. The SMILES string of the molecule is COc1cc(C[C@H](N)C(=O)O)c(F)cc1NC(=O)c1cn(C)c2ccccc12. The molecule has 0 aliphatic heterocycles.